The molecule has 102 valence electrons. The molecule has 0 bridgehead atoms. The van der Waals surface area contributed by atoms with E-state index in [2.05, 4.69) is 33.9 Å². The molecular formula is C14H26N2OSi. The molecule has 0 unspecified atom stereocenters. The molecule has 0 aliphatic carbocycles. The maximum absolute atomic E-state index is 6.21. The van der Waals surface area contributed by atoms with Crippen molar-refractivity contribution in [3.05, 3.63) is 23.8 Å². The van der Waals surface area contributed by atoms with Crippen LogP contribution in [0.1, 0.15) is 26.3 Å². The minimum atomic E-state index is -1.82. The van der Waals surface area contributed by atoms with Crippen LogP contribution < -0.4 is 15.9 Å². The number of anilines is 1. The van der Waals surface area contributed by atoms with Crippen molar-refractivity contribution in [2.24, 2.45) is 5.73 Å². The Labute approximate surface area is 112 Å². The van der Waals surface area contributed by atoms with Crippen molar-refractivity contribution in [3.8, 4) is 5.75 Å². The van der Waals surface area contributed by atoms with Crippen LogP contribution in [0.4, 0.5) is 5.69 Å². The molecule has 18 heavy (non-hydrogen) atoms. The van der Waals surface area contributed by atoms with Gasteiger partial charge in [-0.2, -0.15) is 0 Å². The molecule has 0 saturated heterocycles. The van der Waals surface area contributed by atoms with Crippen LogP contribution in [0.5, 0.6) is 5.75 Å². The first-order valence-corrected chi connectivity index (χ1v) is 9.36. The molecule has 4 heteroatoms. The monoisotopic (exact) mass is 266 g/mol. The average Bonchev–Trinajstić information content (AvgIpc) is 2.21. The van der Waals surface area contributed by atoms with Crippen molar-refractivity contribution in [2.45, 2.75) is 45.3 Å². The van der Waals surface area contributed by atoms with Crippen LogP contribution in [-0.2, 0) is 6.42 Å². The van der Waals surface area contributed by atoms with Crippen molar-refractivity contribution in [1.29, 1.82) is 0 Å². The summed E-state index contributed by atoms with van der Waals surface area (Å²) >= 11 is 0. The van der Waals surface area contributed by atoms with E-state index < -0.39 is 8.32 Å². The molecule has 0 saturated carbocycles. The SMILES string of the molecule is CC(C)(C)[Si](C)(C)Oc1ccc(CCN)cc1N. The van der Waals surface area contributed by atoms with Crippen molar-refractivity contribution in [1.82, 2.24) is 0 Å². The number of hydrogen-bond donors (Lipinski definition) is 2. The zero-order chi connectivity index (χ0) is 14.0. The van der Waals surface area contributed by atoms with E-state index in [4.69, 9.17) is 15.9 Å². The van der Waals surface area contributed by atoms with E-state index in [1.165, 1.54) is 0 Å². The third kappa shape index (κ3) is 3.49. The standard InChI is InChI=1S/C14H26N2OSi/c1-14(2,3)18(4,5)17-13-7-6-11(8-9-15)10-12(13)16/h6-7,10H,8-9,15-16H2,1-5H3. The van der Waals surface area contributed by atoms with Gasteiger partial charge < -0.3 is 15.9 Å². The Morgan fingerprint density at radius 1 is 1.22 bits per heavy atom. The molecule has 3 nitrogen and oxygen atoms in total. The second-order valence-electron chi connectivity index (χ2n) is 6.27. The fourth-order valence-electron chi connectivity index (χ4n) is 1.44. The summed E-state index contributed by atoms with van der Waals surface area (Å²) in [4.78, 5) is 0. The van der Waals surface area contributed by atoms with Crippen LogP contribution >= 0.6 is 0 Å². The van der Waals surface area contributed by atoms with E-state index in [1.54, 1.807) is 0 Å². The van der Waals surface area contributed by atoms with E-state index in [0.29, 0.717) is 12.2 Å². The predicted molar refractivity (Wildman–Crippen MR) is 81.4 cm³/mol. The van der Waals surface area contributed by atoms with Gasteiger partial charge in [-0.3, -0.25) is 0 Å². The summed E-state index contributed by atoms with van der Waals surface area (Å²) in [7, 11) is -1.82. The highest BCUT2D eigenvalue weighted by Gasteiger charge is 2.39. The highest BCUT2D eigenvalue weighted by molar-refractivity contribution is 6.74. The van der Waals surface area contributed by atoms with Gasteiger partial charge in [0.05, 0.1) is 5.69 Å². The summed E-state index contributed by atoms with van der Waals surface area (Å²) in [5.74, 6) is 0.808. The Morgan fingerprint density at radius 3 is 2.28 bits per heavy atom. The van der Waals surface area contributed by atoms with Gasteiger partial charge in [0.25, 0.3) is 8.32 Å². The van der Waals surface area contributed by atoms with Crippen molar-refractivity contribution >= 4 is 14.0 Å². The third-order valence-electron chi connectivity index (χ3n) is 3.68. The predicted octanol–water partition coefficient (Wildman–Crippen LogP) is 3.15. The van der Waals surface area contributed by atoms with Gasteiger partial charge in [0.1, 0.15) is 5.75 Å². The Morgan fingerprint density at radius 2 is 1.83 bits per heavy atom. The first kappa shape index (κ1) is 15.1. The fraction of sp³-hybridized carbons (Fsp3) is 0.571. The molecule has 0 aliphatic heterocycles. The lowest BCUT2D eigenvalue weighted by Gasteiger charge is -2.36. The van der Waals surface area contributed by atoms with Crippen molar-refractivity contribution in [2.75, 3.05) is 12.3 Å². The summed E-state index contributed by atoms with van der Waals surface area (Å²) in [5, 5.41) is 0.176. The van der Waals surface area contributed by atoms with Gasteiger partial charge in [0.2, 0.25) is 0 Å². The zero-order valence-electron chi connectivity index (χ0n) is 12.2. The van der Waals surface area contributed by atoms with Gasteiger partial charge in [0, 0.05) is 0 Å². The number of benzene rings is 1. The topological polar surface area (TPSA) is 61.3 Å². The molecule has 0 radical (unpaired) electrons. The van der Waals surface area contributed by atoms with E-state index in [0.717, 1.165) is 17.7 Å². The van der Waals surface area contributed by atoms with Crippen LogP contribution in [0.2, 0.25) is 18.1 Å². The Kier molecular flexibility index (Phi) is 4.45. The molecule has 0 atom stereocenters. The van der Waals surface area contributed by atoms with E-state index in [1.807, 2.05) is 18.2 Å². The maximum atomic E-state index is 6.21. The number of nitrogen functional groups attached to an aromatic ring is 1. The minimum Gasteiger partial charge on any atom is -0.542 e. The zero-order valence-corrected chi connectivity index (χ0v) is 13.2. The van der Waals surface area contributed by atoms with Gasteiger partial charge in [-0.05, 0) is 48.8 Å². The molecule has 1 aromatic carbocycles. The van der Waals surface area contributed by atoms with E-state index >= 15 is 0 Å². The molecule has 0 aromatic heterocycles. The number of nitrogens with two attached hydrogens (primary N) is 2. The molecule has 1 rings (SSSR count). The van der Waals surface area contributed by atoms with E-state index in [-0.39, 0.29) is 5.04 Å². The first-order chi connectivity index (χ1) is 8.17. The normalized spacial score (nSPS) is 12.6. The summed E-state index contributed by atoms with van der Waals surface area (Å²) in [6.45, 7) is 11.7. The minimum absolute atomic E-state index is 0.176. The van der Waals surface area contributed by atoms with Crippen LogP contribution in [0.25, 0.3) is 0 Å². The number of rotatable bonds is 4. The highest BCUT2D eigenvalue weighted by atomic mass is 28.4. The Bertz CT molecular complexity index is 411. The lowest BCUT2D eigenvalue weighted by atomic mass is 10.1. The fourth-order valence-corrected chi connectivity index (χ4v) is 2.48. The molecule has 0 spiro atoms. The largest absolute Gasteiger partial charge is 0.542 e. The highest BCUT2D eigenvalue weighted by Crippen LogP contribution is 2.38. The summed E-state index contributed by atoms with van der Waals surface area (Å²) in [5.41, 5.74) is 13.5. The van der Waals surface area contributed by atoms with Crippen LogP contribution in [0, 0.1) is 0 Å². The maximum Gasteiger partial charge on any atom is 0.250 e. The molecule has 0 fully saturated rings. The van der Waals surface area contributed by atoms with Gasteiger partial charge >= 0.3 is 0 Å². The smallest absolute Gasteiger partial charge is 0.250 e. The molecule has 4 N–H and O–H groups in total. The average molecular weight is 266 g/mol. The van der Waals surface area contributed by atoms with Crippen LogP contribution in [-0.4, -0.2) is 14.9 Å². The lowest BCUT2D eigenvalue weighted by Crippen LogP contribution is -2.44. The van der Waals surface area contributed by atoms with Gasteiger partial charge in [-0.25, -0.2) is 0 Å². The third-order valence-corrected chi connectivity index (χ3v) is 8.02. The molecule has 0 heterocycles. The van der Waals surface area contributed by atoms with Gasteiger partial charge in [-0.1, -0.05) is 26.8 Å². The van der Waals surface area contributed by atoms with Crippen molar-refractivity contribution < 1.29 is 4.43 Å². The van der Waals surface area contributed by atoms with Crippen molar-refractivity contribution in [3.63, 3.8) is 0 Å². The van der Waals surface area contributed by atoms with Crippen LogP contribution in [0.15, 0.2) is 18.2 Å². The molecule has 0 aliphatic rings. The summed E-state index contributed by atoms with van der Waals surface area (Å²) < 4.78 is 6.21. The summed E-state index contributed by atoms with van der Waals surface area (Å²) in [6, 6.07) is 5.99. The molecule has 0 amide bonds. The second kappa shape index (κ2) is 5.32. The summed E-state index contributed by atoms with van der Waals surface area (Å²) in [6.07, 6.45) is 0.852. The first-order valence-electron chi connectivity index (χ1n) is 6.45. The van der Waals surface area contributed by atoms with Gasteiger partial charge in [-0.15, -0.1) is 0 Å². The van der Waals surface area contributed by atoms with Gasteiger partial charge in [0.15, 0.2) is 0 Å². The Balaban J connectivity index is 2.92. The molecular weight excluding hydrogens is 240 g/mol. The van der Waals surface area contributed by atoms with E-state index in [9.17, 15) is 0 Å². The van der Waals surface area contributed by atoms with Crippen LogP contribution in [0.3, 0.4) is 0 Å². The number of hydrogen-bond acceptors (Lipinski definition) is 3. The molecule has 1 aromatic rings. The quantitative estimate of drug-likeness (QED) is 0.650. The Hall–Kier alpha value is -1.00. The second-order valence-corrected chi connectivity index (χ2v) is 11.0. The lowest BCUT2D eigenvalue weighted by molar-refractivity contribution is 0.494.